The van der Waals surface area contributed by atoms with Gasteiger partial charge in [0.2, 0.25) is 5.56 Å². The summed E-state index contributed by atoms with van der Waals surface area (Å²) in [6.07, 6.45) is 3.91. The average molecular weight is 457 g/mol. The fourth-order valence-corrected chi connectivity index (χ4v) is 4.45. The molecule has 3 aromatic heterocycles. The third-order valence-electron chi connectivity index (χ3n) is 4.79. The van der Waals surface area contributed by atoms with Crippen LogP contribution in [-0.4, -0.2) is 44.3 Å². The van der Waals surface area contributed by atoms with Crippen molar-refractivity contribution < 1.29 is 9.59 Å². The van der Waals surface area contributed by atoms with Gasteiger partial charge in [-0.05, 0) is 19.9 Å². The summed E-state index contributed by atoms with van der Waals surface area (Å²) in [5.74, 6) is -0.361. The highest BCUT2D eigenvalue weighted by molar-refractivity contribution is 7.15. The second kappa shape index (κ2) is 8.83. The molecule has 3 aromatic rings. The molecular formula is C20H24N8O3S. The van der Waals surface area contributed by atoms with Crippen molar-refractivity contribution >= 4 is 39.8 Å². The SMILES string of the molecule is CC(C)NC(=O)c1nn(C)cc1NC(=O)Nc1nc2c(s1)CN(c1cc[nH]c(=O)c1)CC2. The van der Waals surface area contributed by atoms with E-state index in [4.69, 9.17) is 0 Å². The van der Waals surface area contributed by atoms with Gasteiger partial charge in [-0.25, -0.2) is 9.78 Å². The van der Waals surface area contributed by atoms with Gasteiger partial charge in [0.1, 0.15) is 0 Å². The zero-order valence-corrected chi connectivity index (χ0v) is 18.7. The highest BCUT2D eigenvalue weighted by Crippen LogP contribution is 2.30. The van der Waals surface area contributed by atoms with Crippen molar-refractivity contribution in [3.63, 3.8) is 0 Å². The van der Waals surface area contributed by atoms with E-state index < -0.39 is 6.03 Å². The summed E-state index contributed by atoms with van der Waals surface area (Å²) in [5.41, 5.74) is 2.09. The van der Waals surface area contributed by atoms with Crippen molar-refractivity contribution in [1.29, 1.82) is 0 Å². The number of carbonyl (C=O) groups excluding carboxylic acids is 2. The lowest BCUT2D eigenvalue weighted by Crippen LogP contribution is -2.31. The number of nitrogens with one attached hydrogen (secondary N) is 4. The van der Waals surface area contributed by atoms with Crippen molar-refractivity contribution in [2.75, 3.05) is 22.1 Å². The van der Waals surface area contributed by atoms with Gasteiger partial charge in [-0.2, -0.15) is 5.10 Å². The van der Waals surface area contributed by atoms with Crippen molar-refractivity contribution in [2.45, 2.75) is 32.9 Å². The minimum atomic E-state index is -0.505. The number of aryl methyl sites for hydroxylation is 1. The lowest BCUT2D eigenvalue weighted by atomic mass is 10.1. The smallest absolute Gasteiger partial charge is 0.325 e. The van der Waals surface area contributed by atoms with Gasteiger partial charge in [-0.1, -0.05) is 11.3 Å². The van der Waals surface area contributed by atoms with Gasteiger partial charge in [-0.3, -0.25) is 19.6 Å². The lowest BCUT2D eigenvalue weighted by molar-refractivity contribution is 0.0938. The fraction of sp³-hybridized carbons (Fsp3) is 0.350. The number of pyridine rings is 1. The Morgan fingerprint density at radius 1 is 1.28 bits per heavy atom. The number of nitrogens with zero attached hydrogens (tertiary/aromatic N) is 4. The van der Waals surface area contributed by atoms with Crippen LogP contribution in [0.15, 0.2) is 29.3 Å². The maximum absolute atomic E-state index is 12.6. The zero-order chi connectivity index (χ0) is 22.8. The first-order chi connectivity index (χ1) is 15.3. The molecule has 0 bridgehead atoms. The molecule has 0 atom stereocenters. The fourth-order valence-electron chi connectivity index (χ4n) is 3.43. The third-order valence-corrected chi connectivity index (χ3v) is 5.79. The number of thiazole rings is 1. The van der Waals surface area contributed by atoms with Crippen molar-refractivity contribution in [2.24, 2.45) is 7.05 Å². The minimum absolute atomic E-state index is 0.0540. The van der Waals surface area contributed by atoms with Gasteiger partial charge in [0.15, 0.2) is 10.8 Å². The van der Waals surface area contributed by atoms with Crippen molar-refractivity contribution in [3.05, 3.63) is 51.1 Å². The summed E-state index contributed by atoms with van der Waals surface area (Å²) in [4.78, 5) is 46.8. The summed E-state index contributed by atoms with van der Waals surface area (Å²) >= 11 is 1.39. The molecule has 0 saturated heterocycles. The molecule has 1 aliphatic rings. The molecule has 12 heteroatoms. The van der Waals surface area contributed by atoms with Gasteiger partial charge >= 0.3 is 6.03 Å². The second-order valence-corrected chi connectivity index (χ2v) is 8.83. The Hall–Kier alpha value is -3.67. The van der Waals surface area contributed by atoms with Crippen molar-refractivity contribution in [3.8, 4) is 0 Å². The first kappa shape index (κ1) is 21.6. The van der Waals surface area contributed by atoms with Gasteiger partial charge < -0.3 is 20.5 Å². The Morgan fingerprint density at radius 3 is 2.84 bits per heavy atom. The monoisotopic (exact) mass is 456 g/mol. The molecule has 0 aromatic carbocycles. The van der Waals surface area contributed by atoms with Gasteiger partial charge in [-0.15, -0.1) is 0 Å². The Morgan fingerprint density at radius 2 is 2.09 bits per heavy atom. The van der Waals surface area contributed by atoms with Crippen LogP contribution < -0.4 is 26.4 Å². The summed E-state index contributed by atoms with van der Waals surface area (Å²) < 4.78 is 1.47. The van der Waals surface area contributed by atoms with E-state index in [0.717, 1.165) is 22.8 Å². The molecule has 4 heterocycles. The van der Waals surface area contributed by atoms with E-state index in [1.165, 1.54) is 16.0 Å². The second-order valence-electron chi connectivity index (χ2n) is 7.74. The van der Waals surface area contributed by atoms with E-state index in [-0.39, 0.29) is 23.2 Å². The molecule has 4 N–H and O–H groups in total. The van der Waals surface area contributed by atoms with E-state index in [1.54, 1.807) is 25.5 Å². The quantitative estimate of drug-likeness (QED) is 0.463. The highest BCUT2D eigenvalue weighted by Gasteiger charge is 2.23. The number of rotatable bonds is 5. The van der Waals surface area contributed by atoms with Gasteiger partial charge in [0.25, 0.3) is 5.91 Å². The molecule has 4 rings (SSSR count). The Balaban J connectivity index is 1.43. The van der Waals surface area contributed by atoms with Crippen LogP contribution in [0.25, 0.3) is 0 Å². The van der Waals surface area contributed by atoms with Crippen LogP contribution in [0.5, 0.6) is 0 Å². The van der Waals surface area contributed by atoms with E-state index in [9.17, 15) is 14.4 Å². The molecule has 0 spiro atoms. The molecule has 0 saturated carbocycles. The number of carbonyl (C=O) groups is 2. The van der Waals surface area contributed by atoms with Crippen LogP contribution in [0.1, 0.15) is 34.9 Å². The van der Waals surface area contributed by atoms with Gasteiger partial charge in [0.05, 0.1) is 17.9 Å². The van der Waals surface area contributed by atoms with Crippen LogP contribution in [0, 0.1) is 0 Å². The number of hydrogen-bond acceptors (Lipinski definition) is 7. The van der Waals surface area contributed by atoms with E-state index in [1.807, 2.05) is 19.9 Å². The maximum atomic E-state index is 12.6. The first-order valence-corrected chi connectivity index (χ1v) is 10.9. The van der Waals surface area contributed by atoms with Crippen LogP contribution in [0.2, 0.25) is 0 Å². The number of anilines is 3. The number of urea groups is 1. The topological polar surface area (TPSA) is 137 Å². The van der Waals surface area contributed by atoms with E-state index in [2.05, 4.69) is 35.9 Å². The molecular weight excluding hydrogens is 432 g/mol. The number of H-pyrrole nitrogens is 1. The number of fused-ring (bicyclic) bond motifs is 1. The summed E-state index contributed by atoms with van der Waals surface area (Å²) in [6.45, 7) is 5.04. The predicted octanol–water partition coefficient (Wildman–Crippen LogP) is 1.91. The molecule has 0 fully saturated rings. The molecule has 11 nitrogen and oxygen atoms in total. The summed E-state index contributed by atoms with van der Waals surface area (Å²) in [5, 5.41) is 12.8. The normalized spacial score (nSPS) is 13.1. The Bertz CT molecular complexity index is 1210. The molecule has 32 heavy (non-hydrogen) atoms. The van der Waals surface area contributed by atoms with E-state index >= 15 is 0 Å². The number of hydrogen-bond donors (Lipinski definition) is 4. The Kier molecular flexibility index (Phi) is 5.95. The minimum Gasteiger partial charge on any atom is -0.366 e. The summed E-state index contributed by atoms with van der Waals surface area (Å²) in [7, 11) is 1.68. The molecule has 0 unspecified atom stereocenters. The average Bonchev–Trinajstić information content (AvgIpc) is 3.29. The Labute approximate surface area is 187 Å². The number of amides is 3. The molecule has 0 aliphatic carbocycles. The maximum Gasteiger partial charge on any atom is 0.325 e. The van der Waals surface area contributed by atoms with Crippen LogP contribution in [-0.2, 0) is 20.0 Å². The van der Waals surface area contributed by atoms with E-state index in [0.29, 0.717) is 23.8 Å². The van der Waals surface area contributed by atoms with Crippen LogP contribution >= 0.6 is 11.3 Å². The lowest BCUT2D eigenvalue weighted by Gasteiger charge is -2.27. The highest BCUT2D eigenvalue weighted by atomic mass is 32.1. The molecule has 1 aliphatic heterocycles. The van der Waals surface area contributed by atoms with Crippen molar-refractivity contribution in [1.82, 2.24) is 25.1 Å². The third kappa shape index (κ3) is 4.80. The first-order valence-electron chi connectivity index (χ1n) is 10.1. The molecule has 3 amide bonds. The van der Waals surface area contributed by atoms with Crippen LogP contribution in [0.3, 0.4) is 0 Å². The largest absolute Gasteiger partial charge is 0.366 e. The van der Waals surface area contributed by atoms with Crippen LogP contribution in [0.4, 0.5) is 21.3 Å². The number of aromatic nitrogens is 4. The predicted molar refractivity (Wildman–Crippen MR) is 122 cm³/mol. The number of aromatic amines is 1. The van der Waals surface area contributed by atoms with Gasteiger partial charge in [0, 0.05) is 55.1 Å². The zero-order valence-electron chi connectivity index (χ0n) is 17.9. The molecule has 0 radical (unpaired) electrons. The standard InChI is InChI=1S/C20H24N8O3S/c1-11(2)22-18(30)17-14(9-27(3)26-17)23-19(31)25-20-24-13-5-7-28(10-15(13)32-20)12-4-6-21-16(29)8-12/h4,6,8-9,11H,5,7,10H2,1-3H3,(H,21,29)(H,22,30)(H2,23,24,25,31). The molecule has 168 valence electrons. The summed E-state index contributed by atoms with van der Waals surface area (Å²) in [6, 6.07) is 2.87.